The van der Waals surface area contributed by atoms with E-state index in [4.69, 9.17) is 0 Å². The zero-order valence-corrected chi connectivity index (χ0v) is 10.0. The van der Waals surface area contributed by atoms with Gasteiger partial charge in [-0.15, -0.1) is 11.3 Å². The molecular weight excluding hydrogens is 216 g/mol. The van der Waals surface area contributed by atoms with Crippen LogP contribution in [0.3, 0.4) is 0 Å². The number of rotatable bonds is 6. The van der Waals surface area contributed by atoms with Crippen molar-refractivity contribution in [3.8, 4) is 0 Å². The minimum atomic E-state index is 1.02. The minimum Gasteiger partial charge on any atom is -0.316 e. The van der Waals surface area contributed by atoms with Crippen LogP contribution in [0.1, 0.15) is 10.4 Å². The maximum absolute atomic E-state index is 4.10. The van der Waals surface area contributed by atoms with E-state index in [9.17, 15) is 0 Å². The molecule has 2 rings (SSSR count). The smallest absolute Gasteiger partial charge is 0.0300 e. The Bertz CT molecular complexity index is 384. The van der Waals surface area contributed by atoms with Gasteiger partial charge in [-0.1, -0.05) is 12.1 Å². The zero-order valence-electron chi connectivity index (χ0n) is 9.23. The molecule has 0 spiro atoms. The lowest BCUT2D eigenvalue weighted by molar-refractivity contribution is 0.684. The molecule has 1 N–H and O–H groups in total. The summed E-state index contributed by atoms with van der Waals surface area (Å²) in [4.78, 5) is 5.55. The lowest BCUT2D eigenvalue weighted by atomic mass is 10.2. The fraction of sp³-hybridized carbons (Fsp3) is 0.308. The molecule has 0 saturated carbocycles. The van der Waals surface area contributed by atoms with Gasteiger partial charge >= 0.3 is 0 Å². The first-order chi connectivity index (χ1) is 7.95. The second-order valence-electron chi connectivity index (χ2n) is 3.69. The van der Waals surface area contributed by atoms with Crippen LogP contribution in [0.2, 0.25) is 0 Å². The van der Waals surface area contributed by atoms with Crippen LogP contribution >= 0.6 is 11.3 Å². The SMILES string of the molecule is c1cncc(CCNCCc2cccs2)c1. The predicted molar refractivity (Wildman–Crippen MR) is 68.8 cm³/mol. The summed E-state index contributed by atoms with van der Waals surface area (Å²) in [6.45, 7) is 2.08. The molecule has 0 radical (unpaired) electrons. The minimum absolute atomic E-state index is 1.02. The van der Waals surface area contributed by atoms with Gasteiger partial charge in [0, 0.05) is 17.3 Å². The van der Waals surface area contributed by atoms with Crippen LogP contribution in [-0.2, 0) is 12.8 Å². The van der Waals surface area contributed by atoms with Crippen molar-refractivity contribution in [3.05, 3.63) is 52.5 Å². The van der Waals surface area contributed by atoms with Gasteiger partial charge in [-0.2, -0.15) is 0 Å². The number of nitrogens with zero attached hydrogens (tertiary/aromatic N) is 1. The molecule has 0 bridgehead atoms. The van der Waals surface area contributed by atoms with Gasteiger partial charge < -0.3 is 5.32 Å². The van der Waals surface area contributed by atoms with Gasteiger partial charge in [0.1, 0.15) is 0 Å². The van der Waals surface area contributed by atoms with E-state index in [-0.39, 0.29) is 0 Å². The van der Waals surface area contributed by atoms with E-state index in [1.807, 2.05) is 29.8 Å². The van der Waals surface area contributed by atoms with Crippen LogP contribution in [-0.4, -0.2) is 18.1 Å². The highest BCUT2D eigenvalue weighted by atomic mass is 32.1. The van der Waals surface area contributed by atoms with Crippen molar-refractivity contribution in [2.75, 3.05) is 13.1 Å². The van der Waals surface area contributed by atoms with Gasteiger partial charge in [0.2, 0.25) is 0 Å². The maximum atomic E-state index is 4.10. The molecule has 0 aliphatic heterocycles. The first-order valence-electron chi connectivity index (χ1n) is 5.57. The van der Waals surface area contributed by atoms with E-state index in [1.54, 1.807) is 0 Å². The fourth-order valence-electron chi connectivity index (χ4n) is 1.57. The lowest BCUT2D eigenvalue weighted by Gasteiger charge is -2.03. The summed E-state index contributed by atoms with van der Waals surface area (Å²) in [6.07, 6.45) is 5.93. The van der Waals surface area contributed by atoms with Crippen molar-refractivity contribution in [2.45, 2.75) is 12.8 Å². The third-order valence-electron chi connectivity index (χ3n) is 2.44. The molecule has 0 saturated heterocycles. The monoisotopic (exact) mass is 232 g/mol. The van der Waals surface area contributed by atoms with Crippen LogP contribution in [0.5, 0.6) is 0 Å². The van der Waals surface area contributed by atoms with Crippen LogP contribution in [0.25, 0.3) is 0 Å². The summed E-state index contributed by atoms with van der Waals surface area (Å²) < 4.78 is 0. The number of hydrogen-bond acceptors (Lipinski definition) is 3. The second kappa shape index (κ2) is 6.40. The Morgan fingerprint density at radius 3 is 2.81 bits per heavy atom. The summed E-state index contributed by atoms with van der Waals surface area (Å²) >= 11 is 1.83. The number of thiophene rings is 1. The largest absolute Gasteiger partial charge is 0.316 e. The lowest BCUT2D eigenvalue weighted by Crippen LogP contribution is -2.19. The molecule has 2 heterocycles. The summed E-state index contributed by atoms with van der Waals surface area (Å²) in [7, 11) is 0. The molecule has 3 heteroatoms. The molecule has 0 atom stereocenters. The molecule has 0 aromatic carbocycles. The van der Waals surface area contributed by atoms with Gasteiger partial charge in [0.25, 0.3) is 0 Å². The third kappa shape index (κ3) is 3.76. The Morgan fingerprint density at radius 1 is 1.12 bits per heavy atom. The molecule has 2 nitrogen and oxygen atoms in total. The van der Waals surface area contributed by atoms with Gasteiger partial charge in [0.05, 0.1) is 0 Å². The quantitative estimate of drug-likeness (QED) is 0.774. The van der Waals surface area contributed by atoms with Gasteiger partial charge in [-0.25, -0.2) is 0 Å². The standard InChI is InChI=1S/C13H16N2S/c1-3-12(11-15-7-1)5-8-14-9-6-13-4-2-10-16-13/h1-4,7,10-11,14H,5-6,8-9H2. The normalized spacial score (nSPS) is 10.5. The van der Waals surface area contributed by atoms with Crippen LogP contribution in [0.15, 0.2) is 42.0 Å². The van der Waals surface area contributed by atoms with E-state index in [0.29, 0.717) is 0 Å². The van der Waals surface area contributed by atoms with Crippen molar-refractivity contribution >= 4 is 11.3 Å². The molecule has 2 aromatic rings. The van der Waals surface area contributed by atoms with Crippen molar-refractivity contribution < 1.29 is 0 Å². The highest BCUT2D eigenvalue weighted by Gasteiger charge is 1.94. The zero-order chi connectivity index (χ0) is 11.1. The molecular formula is C13H16N2S. The number of aromatic nitrogens is 1. The predicted octanol–water partition coefficient (Wildman–Crippen LogP) is 2.52. The van der Waals surface area contributed by atoms with Crippen molar-refractivity contribution in [1.82, 2.24) is 10.3 Å². The van der Waals surface area contributed by atoms with Gasteiger partial charge in [0.15, 0.2) is 0 Å². The van der Waals surface area contributed by atoms with Crippen molar-refractivity contribution in [3.63, 3.8) is 0 Å². The topological polar surface area (TPSA) is 24.9 Å². The summed E-state index contributed by atoms with van der Waals surface area (Å²) in [5.41, 5.74) is 1.30. The first kappa shape index (κ1) is 11.3. The number of nitrogens with one attached hydrogen (secondary N) is 1. The Labute approximate surface area is 100 Å². The molecule has 0 aliphatic rings. The van der Waals surface area contributed by atoms with Crippen LogP contribution < -0.4 is 5.32 Å². The van der Waals surface area contributed by atoms with E-state index in [0.717, 1.165) is 25.9 Å². The number of hydrogen-bond donors (Lipinski definition) is 1. The molecule has 16 heavy (non-hydrogen) atoms. The van der Waals surface area contributed by atoms with E-state index >= 15 is 0 Å². The average Bonchev–Trinajstić information content (AvgIpc) is 2.83. The van der Waals surface area contributed by atoms with Crippen LogP contribution in [0, 0.1) is 0 Å². The number of pyridine rings is 1. The third-order valence-corrected chi connectivity index (χ3v) is 3.38. The maximum Gasteiger partial charge on any atom is 0.0300 e. The average molecular weight is 232 g/mol. The van der Waals surface area contributed by atoms with Crippen molar-refractivity contribution in [1.29, 1.82) is 0 Å². The molecule has 0 fully saturated rings. The molecule has 84 valence electrons. The Kier molecular flexibility index (Phi) is 4.52. The van der Waals surface area contributed by atoms with Gasteiger partial charge in [-0.05, 0) is 49.0 Å². The van der Waals surface area contributed by atoms with Crippen molar-refractivity contribution in [2.24, 2.45) is 0 Å². The second-order valence-corrected chi connectivity index (χ2v) is 4.72. The molecule has 0 aliphatic carbocycles. The highest BCUT2D eigenvalue weighted by Crippen LogP contribution is 2.07. The van der Waals surface area contributed by atoms with E-state index in [2.05, 4.69) is 33.9 Å². The Hall–Kier alpha value is -1.19. The summed E-state index contributed by atoms with van der Waals surface area (Å²) in [6, 6.07) is 8.40. The van der Waals surface area contributed by atoms with E-state index in [1.165, 1.54) is 10.4 Å². The molecule has 0 unspecified atom stereocenters. The molecule has 2 aromatic heterocycles. The first-order valence-corrected chi connectivity index (χ1v) is 6.45. The fourth-order valence-corrected chi connectivity index (χ4v) is 2.28. The Morgan fingerprint density at radius 2 is 2.06 bits per heavy atom. The summed E-state index contributed by atoms with van der Waals surface area (Å²) in [5, 5.41) is 5.58. The Balaban J connectivity index is 1.59. The van der Waals surface area contributed by atoms with Gasteiger partial charge in [-0.3, -0.25) is 4.98 Å². The highest BCUT2D eigenvalue weighted by molar-refractivity contribution is 7.09. The summed E-state index contributed by atoms with van der Waals surface area (Å²) in [5.74, 6) is 0. The van der Waals surface area contributed by atoms with Crippen LogP contribution in [0.4, 0.5) is 0 Å². The molecule has 0 amide bonds. The van der Waals surface area contributed by atoms with E-state index < -0.39 is 0 Å².